The Morgan fingerprint density at radius 2 is 0.827 bits per heavy atom. The third kappa shape index (κ3) is 35.4. The average Bonchev–Trinajstić information content (AvgIpc) is 0.861. The molecule has 0 bridgehead atoms. The number of benzene rings is 2. The Hall–Kier alpha value is -8.81. The molecule has 0 spiro atoms. The fourth-order valence-corrected chi connectivity index (χ4v) is 11.1. The van der Waals surface area contributed by atoms with Crippen molar-refractivity contribution in [3.63, 3.8) is 0 Å². The van der Waals surface area contributed by atoms with Crippen molar-refractivity contribution in [2.75, 3.05) is 85.1 Å². The standard InChI is InChI=1S/C63H92IN11O23/c64-42-34-41(18-21-49(42)76)36-46(67-52(79)22-20-48(62(96)97)75-32-30-73(38-55(84)85)28-26-72(37-54(82)83)27-29-74(31-33-75)39-56(86)87)57(88)69-47(35-40-12-4-3-5-13-40)58(89)68-43(59(90)91)14-8-10-24-65-50(77)16-6-1-2-7-17-51(78)66-25-11-9-15-44(60(92)93)70-63(98)71-45(61(94)95)19-23-53(80)81/h3-5,12-13,18,21,34,43-48,76H,1-2,6-11,14-17,19-20,22-33,35-39H2,(H,65,77)(H,66,78)(H,67,79)(H,68,89)(H,69,88)(H,80,81)(H,82,83)(H,84,85)(H,86,87)(H,90,91)(H,92,93)(H,94,95)(H,96,97)(H2,70,71,98)/t43?,44-,45-,46+,47+,48+/m0/s1. The highest BCUT2D eigenvalue weighted by Crippen LogP contribution is 2.22. The molecule has 0 radical (unpaired) electrons. The normalized spacial score (nSPS) is 15.3. The van der Waals surface area contributed by atoms with Gasteiger partial charge in [-0.25, -0.2) is 19.2 Å². The van der Waals surface area contributed by atoms with E-state index in [1.807, 2.05) is 22.6 Å². The molecule has 0 aliphatic carbocycles. The molecule has 2 aromatic rings. The van der Waals surface area contributed by atoms with Crippen molar-refractivity contribution in [2.45, 2.75) is 152 Å². The van der Waals surface area contributed by atoms with Gasteiger partial charge in [-0.15, -0.1) is 0 Å². The van der Waals surface area contributed by atoms with Gasteiger partial charge in [0.2, 0.25) is 29.5 Å². The SMILES string of the molecule is O=C(O)CC[C@H](NC(=O)N[C@@H](CCCCNC(=O)CCCCCCC(=O)NCCCCC(NC(=O)[C@@H](Cc1ccccc1)NC(=O)[C@@H](Cc1ccc(O)c(I)c1)NC(=O)CC[C@H](C(=O)O)N1CCN(CC(=O)O)CCN(CC(=O)O)CCN(CC(=O)O)CC1)C(=O)O)C(=O)O)C(=O)O. The van der Waals surface area contributed by atoms with Crippen molar-refractivity contribution in [3.8, 4) is 5.75 Å². The van der Waals surface area contributed by atoms with E-state index in [2.05, 4.69) is 37.2 Å². The summed E-state index contributed by atoms with van der Waals surface area (Å²) in [7, 11) is 0. The number of hydrogen-bond donors (Lipinski definition) is 16. The summed E-state index contributed by atoms with van der Waals surface area (Å²) < 4.78 is 0.401. The molecule has 34 nitrogen and oxygen atoms in total. The Labute approximate surface area is 579 Å². The van der Waals surface area contributed by atoms with Crippen molar-refractivity contribution in [2.24, 2.45) is 0 Å². The van der Waals surface area contributed by atoms with Crippen LogP contribution in [0.2, 0.25) is 0 Å². The van der Waals surface area contributed by atoms with Crippen LogP contribution >= 0.6 is 22.6 Å². The molecule has 6 atom stereocenters. The number of carboxylic acid groups (broad SMARTS) is 8. The Morgan fingerprint density at radius 3 is 1.27 bits per heavy atom. The number of carboxylic acids is 8. The van der Waals surface area contributed by atoms with Crippen LogP contribution in [0.5, 0.6) is 5.75 Å². The summed E-state index contributed by atoms with van der Waals surface area (Å²) in [5.41, 5.74) is 1.03. The fraction of sp³-hybridized carbons (Fsp3) is 0.587. The topological polar surface area (TPSA) is 518 Å². The molecular weight excluding hydrogens is 1410 g/mol. The van der Waals surface area contributed by atoms with E-state index in [0.717, 1.165) is 0 Å². The third-order valence-corrected chi connectivity index (χ3v) is 16.7. The summed E-state index contributed by atoms with van der Waals surface area (Å²) >= 11 is 1.87. The second-order valence-electron chi connectivity index (χ2n) is 23.6. The molecule has 1 aliphatic heterocycles. The first-order valence-corrected chi connectivity index (χ1v) is 33.3. The number of hydrogen-bond acceptors (Lipinski definition) is 19. The van der Waals surface area contributed by atoms with Gasteiger partial charge in [0.15, 0.2) is 0 Å². The van der Waals surface area contributed by atoms with Gasteiger partial charge in [0.1, 0.15) is 42.0 Å². The molecule has 1 aliphatic rings. The fourth-order valence-electron chi connectivity index (χ4n) is 10.5. The molecule has 3 rings (SSSR count). The van der Waals surface area contributed by atoms with Crippen molar-refractivity contribution in [3.05, 3.63) is 63.2 Å². The maximum absolute atomic E-state index is 14.5. The van der Waals surface area contributed by atoms with Crippen molar-refractivity contribution in [1.82, 2.24) is 56.8 Å². The summed E-state index contributed by atoms with van der Waals surface area (Å²) in [5, 5.41) is 105. The van der Waals surface area contributed by atoms with E-state index in [4.69, 9.17) is 5.11 Å². The van der Waals surface area contributed by atoms with Gasteiger partial charge in [0.05, 0.1) is 23.2 Å². The van der Waals surface area contributed by atoms with Crippen molar-refractivity contribution >= 4 is 106 Å². The number of rotatable bonds is 45. The van der Waals surface area contributed by atoms with Crippen LogP contribution in [-0.2, 0) is 75.2 Å². The minimum atomic E-state index is -1.54. The van der Waals surface area contributed by atoms with Crippen molar-refractivity contribution < 1.29 is 113 Å². The predicted molar refractivity (Wildman–Crippen MR) is 355 cm³/mol. The zero-order chi connectivity index (χ0) is 72.7. The number of carbonyl (C=O) groups excluding carboxylic acids is 6. The van der Waals surface area contributed by atoms with E-state index in [0.29, 0.717) is 53.2 Å². The highest BCUT2D eigenvalue weighted by atomic mass is 127. The maximum Gasteiger partial charge on any atom is 0.326 e. The lowest BCUT2D eigenvalue weighted by Gasteiger charge is -2.35. The molecule has 98 heavy (non-hydrogen) atoms. The maximum atomic E-state index is 14.5. The van der Waals surface area contributed by atoms with Gasteiger partial charge >= 0.3 is 53.8 Å². The summed E-state index contributed by atoms with van der Waals surface area (Å²) in [4.78, 5) is 181. The predicted octanol–water partition coefficient (Wildman–Crippen LogP) is 0.0138. The Kier molecular flexibility index (Phi) is 38.9. The number of aromatic hydroxyl groups is 1. The van der Waals surface area contributed by atoms with Crippen molar-refractivity contribution in [1.29, 1.82) is 0 Å². The molecule has 2 aromatic carbocycles. The summed E-state index contributed by atoms with van der Waals surface area (Å²) in [6.07, 6.45) is 1.73. The molecule has 0 aromatic heterocycles. The minimum Gasteiger partial charge on any atom is -0.507 e. The van der Waals surface area contributed by atoms with Crippen LogP contribution in [0.15, 0.2) is 48.5 Å². The van der Waals surface area contributed by atoms with Gasteiger partial charge < -0.3 is 83.2 Å². The molecule has 7 amide bonds. The highest BCUT2D eigenvalue weighted by molar-refractivity contribution is 14.1. The first-order chi connectivity index (χ1) is 46.5. The third-order valence-electron chi connectivity index (χ3n) is 15.8. The second-order valence-corrected chi connectivity index (χ2v) is 24.8. The lowest BCUT2D eigenvalue weighted by Crippen LogP contribution is -2.57. The number of phenolic OH excluding ortho intramolecular Hbond substituents is 1. The molecule has 544 valence electrons. The molecule has 1 fully saturated rings. The number of nitrogens with zero attached hydrogens (tertiary/aromatic N) is 4. The smallest absolute Gasteiger partial charge is 0.326 e. The van der Waals surface area contributed by atoms with Gasteiger partial charge in [-0.3, -0.25) is 67.5 Å². The largest absolute Gasteiger partial charge is 0.507 e. The Balaban J connectivity index is 1.58. The molecule has 1 heterocycles. The molecule has 1 saturated heterocycles. The van der Waals surface area contributed by atoms with Crippen LogP contribution in [0.4, 0.5) is 4.79 Å². The van der Waals surface area contributed by atoms with E-state index in [9.17, 15) is 108 Å². The zero-order valence-electron chi connectivity index (χ0n) is 54.4. The number of nitrogens with one attached hydrogen (secondary N) is 7. The Bertz CT molecular complexity index is 2970. The van der Waals surface area contributed by atoms with Crippen LogP contribution in [0.25, 0.3) is 0 Å². The first kappa shape index (κ1) is 83.4. The van der Waals surface area contributed by atoms with E-state index < -0.39 is 147 Å². The lowest BCUT2D eigenvalue weighted by atomic mass is 10.0. The zero-order valence-corrected chi connectivity index (χ0v) is 56.6. The number of phenols is 1. The molecule has 1 unspecified atom stereocenters. The number of carbonyl (C=O) groups is 14. The van der Waals surface area contributed by atoms with Crippen LogP contribution in [-0.4, -0.2) is 270 Å². The van der Waals surface area contributed by atoms with Gasteiger partial charge in [0, 0.05) is 104 Å². The second kappa shape index (κ2) is 45.6. The van der Waals surface area contributed by atoms with Crippen LogP contribution in [0, 0.1) is 3.57 Å². The van der Waals surface area contributed by atoms with E-state index in [-0.39, 0.29) is 141 Å². The highest BCUT2D eigenvalue weighted by Gasteiger charge is 2.33. The van der Waals surface area contributed by atoms with Crippen LogP contribution < -0.4 is 37.2 Å². The number of unbranched alkanes of at least 4 members (excludes halogenated alkanes) is 5. The quantitative estimate of drug-likeness (QED) is 0.0307. The van der Waals surface area contributed by atoms with E-state index in [1.165, 1.54) is 26.8 Å². The van der Waals surface area contributed by atoms with Crippen LogP contribution in [0.3, 0.4) is 0 Å². The summed E-state index contributed by atoms with van der Waals surface area (Å²) in [6, 6.07) is 3.22. The average molecular weight is 1500 g/mol. The monoisotopic (exact) mass is 1500 g/mol. The van der Waals surface area contributed by atoms with E-state index >= 15 is 0 Å². The van der Waals surface area contributed by atoms with Crippen LogP contribution in [0.1, 0.15) is 114 Å². The molecule has 16 N–H and O–H groups in total. The van der Waals surface area contributed by atoms with Gasteiger partial charge in [-0.1, -0.05) is 49.2 Å². The van der Waals surface area contributed by atoms with E-state index in [1.54, 1.807) is 41.3 Å². The summed E-state index contributed by atoms with van der Waals surface area (Å²) in [5.74, 6) is -13.5. The van der Waals surface area contributed by atoms with Gasteiger partial charge in [-0.05, 0) is 110 Å². The molecule has 35 heteroatoms. The minimum absolute atomic E-state index is 0.00521. The number of aliphatic carboxylic acids is 8. The molecular formula is C63H92IN11O23. The first-order valence-electron chi connectivity index (χ1n) is 32.2. The summed E-state index contributed by atoms with van der Waals surface area (Å²) in [6.45, 7) is -0.677. The van der Waals surface area contributed by atoms with Gasteiger partial charge in [0.25, 0.3) is 0 Å². The Morgan fingerprint density at radius 1 is 0.398 bits per heavy atom. The lowest BCUT2D eigenvalue weighted by molar-refractivity contribution is -0.145. The molecule has 0 saturated carbocycles. The number of amides is 7. The van der Waals surface area contributed by atoms with Gasteiger partial charge in [-0.2, -0.15) is 0 Å². The number of halogens is 1. The number of urea groups is 1.